The quantitative estimate of drug-likeness (QED) is 0.438. The lowest BCUT2D eigenvalue weighted by molar-refractivity contribution is 0.0952. The van der Waals surface area contributed by atoms with Gasteiger partial charge >= 0.3 is 0 Å². The molecule has 0 bridgehead atoms. The van der Waals surface area contributed by atoms with E-state index in [9.17, 15) is 4.79 Å². The molecule has 1 aromatic carbocycles. The van der Waals surface area contributed by atoms with Gasteiger partial charge in [0.1, 0.15) is 5.75 Å². The first-order valence-corrected chi connectivity index (χ1v) is 7.87. The molecule has 0 atom stereocenters. The maximum Gasteiger partial charge on any atom is 0.251 e. The summed E-state index contributed by atoms with van der Waals surface area (Å²) in [5.41, 5.74) is 0.665. The number of ether oxygens (including phenoxy) is 1. The highest BCUT2D eigenvalue weighted by Gasteiger charge is 2.05. The smallest absolute Gasteiger partial charge is 0.251 e. The average Bonchev–Trinajstić information content (AvgIpc) is 2.41. The summed E-state index contributed by atoms with van der Waals surface area (Å²) in [6.45, 7) is 3.48. The molecule has 1 N–H and O–H groups in total. The highest BCUT2D eigenvalue weighted by atomic mass is 127. The lowest BCUT2D eigenvalue weighted by Crippen LogP contribution is -2.24. The Morgan fingerprint density at radius 3 is 2.94 bits per heavy atom. The third-order valence-corrected chi connectivity index (χ3v) is 3.18. The van der Waals surface area contributed by atoms with Gasteiger partial charge in [0.15, 0.2) is 0 Å². The lowest BCUT2D eigenvalue weighted by Gasteiger charge is -2.07. The molecule has 0 radical (unpaired) electrons. The zero-order valence-electron chi connectivity index (χ0n) is 10.7. The second kappa shape index (κ2) is 9.19. The second-order valence-electron chi connectivity index (χ2n) is 4.03. The van der Waals surface area contributed by atoms with E-state index >= 15 is 0 Å². The first kappa shape index (κ1) is 15.3. The third kappa shape index (κ3) is 5.71. The fourth-order valence-electron chi connectivity index (χ4n) is 1.47. The van der Waals surface area contributed by atoms with Gasteiger partial charge in [-0.3, -0.25) is 4.79 Å². The van der Waals surface area contributed by atoms with Crippen molar-refractivity contribution in [1.29, 1.82) is 0 Å². The van der Waals surface area contributed by atoms with E-state index < -0.39 is 0 Å². The van der Waals surface area contributed by atoms with Gasteiger partial charge in [0.2, 0.25) is 0 Å². The molecule has 1 rings (SSSR count). The number of rotatable bonds is 8. The number of amides is 1. The van der Waals surface area contributed by atoms with Gasteiger partial charge in [-0.2, -0.15) is 0 Å². The van der Waals surface area contributed by atoms with Crippen molar-refractivity contribution in [3.63, 3.8) is 0 Å². The molecule has 1 aromatic rings. The van der Waals surface area contributed by atoms with Crippen LogP contribution in [0.15, 0.2) is 24.3 Å². The number of hydrogen-bond donors (Lipinski definition) is 1. The highest BCUT2D eigenvalue weighted by molar-refractivity contribution is 14.1. The Morgan fingerprint density at radius 2 is 2.22 bits per heavy atom. The molecule has 0 aliphatic rings. The van der Waals surface area contributed by atoms with E-state index in [1.54, 1.807) is 6.07 Å². The van der Waals surface area contributed by atoms with Crippen LogP contribution in [0.1, 0.15) is 36.5 Å². The van der Waals surface area contributed by atoms with Gasteiger partial charge in [-0.05, 0) is 41.9 Å². The van der Waals surface area contributed by atoms with Crippen molar-refractivity contribution in [2.45, 2.75) is 26.2 Å². The van der Waals surface area contributed by atoms with Crippen molar-refractivity contribution in [2.24, 2.45) is 0 Å². The van der Waals surface area contributed by atoms with E-state index in [-0.39, 0.29) is 5.91 Å². The van der Waals surface area contributed by atoms with Crippen LogP contribution in [0.5, 0.6) is 5.75 Å². The molecule has 0 fully saturated rings. The Kier molecular flexibility index (Phi) is 7.80. The van der Waals surface area contributed by atoms with Gasteiger partial charge in [-0.15, -0.1) is 0 Å². The highest BCUT2D eigenvalue weighted by Crippen LogP contribution is 2.13. The summed E-state index contributed by atoms with van der Waals surface area (Å²) in [4.78, 5) is 11.9. The molecular weight excluding hydrogens is 341 g/mol. The van der Waals surface area contributed by atoms with Crippen molar-refractivity contribution >= 4 is 28.5 Å². The Morgan fingerprint density at radius 1 is 1.39 bits per heavy atom. The van der Waals surface area contributed by atoms with Crippen LogP contribution in [0.4, 0.5) is 0 Å². The maximum absolute atomic E-state index is 11.9. The van der Waals surface area contributed by atoms with Crippen molar-refractivity contribution in [2.75, 3.05) is 17.6 Å². The standard InChI is InChI=1S/C14H20INO2/c1-2-10-18-13-7-5-6-12(11-13)14(17)16-9-4-3-8-15/h5-7,11H,2-4,8-10H2,1H3,(H,16,17). The molecule has 100 valence electrons. The Hall–Kier alpha value is -0.780. The number of benzene rings is 1. The molecule has 0 aliphatic carbocycles. The molecule has 3 nitrogen and oxygen atoms in total. The Labute approximate surface area is 122 Å². The number of carbonyl (C=O) groups is 1. The predicted octanol–water partition coefficient (Wildman–Crippen LogP) is 3.42. The fraction of sp³-hybridized carbons (Fsp3) is 0.500. The molecule has 4 heteroatoms. The molecule has 1 amide bonds. The Bertz CT molecular complexity index is 369. The summed E-state index contributed by atoms with van der Waals surface area (Å²) in [7, 11) is 0. The Balaban J connectivity index is 2.46. The normalized spacial score (nSPS) is 10.1. The van der Waals surface area contributed by atoms with E-state index in [4.69, 9.17) is 4.74 Å². The molecule has 0 heterocycles. The molecule has 0 aliphatic heterocycles. The molecule has 0 unspecified atom stereocenters. The zero-order chi connectivity index (χ0) is 13.2. The van der Waals surface area contributed by atoms with Crippen molar-refractivity contribution in [3.8, 4) is 5.75 Å². The number of unbranched alkanes of at least 4 members (excludes halogenated alkanes) is 1. The van der Waals surface area contributed by atoms with Crippen LogP contribution in [0.3, 0.4) is 0 Å². The van der Waals surface area contributed by atoms with Crippen LogP contribution in [-0.2, 0) is 0 Å². The lowest BCUT2D eigenvalue weighted by atomic mass is 10.2. The third-order valence-electron chi connectivity index (χ3n) is 2.42. The molecule has 18 heavy (non-hydrogen) atoms. The number of nitrogens with one attached hydrogen (secondary N) is 1. The molecule has 0 saturated carbocycles. The zero-order valence-corrected chi connectivity index (χ0v) is 12.9. The van der Waals surface area contributed by atoms with Crippen molar-refractivity contribution in [1.82, 2.24) is 5.32 Å². The summed E-state index contributed by atoms with van der Waals surface area (Å²) in [5, 5.41) is 2.92. The van der Waals surface area contributed by atoms with Crippen LogP contribution in [0.25, 0.3) is 0 Å². The minimum atomic E-state index is -0.0228. The van der Waals surface area contributed by atoms with E-state index in [1.165, 1.54) is 0 Å². The number of hydrogen-bond acceptors (Lipinski definition) is 2. The second-order valence-corrected chi connectivity index (χ2v) is 5.11. The minimum absolute atomic E-state index is 0.0228. The number of halogens is 1. The fourth-order valence-corrected chi connectivity index (χ4v) is 2.01. The summed E-state index contributed by atoms with van der Waals surface area (Å²) in [6, 6.07) is 7.34. The summed E-state index contributed by atoms with van der Waals surface area (Å²) >= 11 is 2.34. The molecule has 0 aromatic heterocycles. The molecule has 0 saturated heterocycles. The molecular formula is C14H20INO2. The first-order chi connectivity index (χ1) is 8.77. The van der Waals surface area contributed by atoms with Crippen molar-refractivity contribution < 1.29 is 9.53 Å². The summed E-state index contributed by atoms with van der Waals surface area (Å²) < 4.78 is 6.64. The largest absolute Gasteiger partial charge is 0.494 e. The van der Waals surface area contributed by atoms with E-state index in [1.807, 2.05) is 18.2 Å². The minimum Gasteiger partial charge on any atom is -0.494 e. The van der Waals surface area contributed by atoms with E-state index in [0.717, 1.165) is 36.0 Å². The van der Waals surface area contributed by atoms with Gasteiger partial charge in [0, 0.05) is 12.1 Å². The summed E-state index contributed by atoms with van der Waals surface area (Å²) in [6.07, 6.45) is 3.13. The van der Waals surface area contributed by atoms with Crippen LogP contribution >= 0.6 is 22.6 Å². The molecule has 0 spiro atoms. The number of alkyl halides is 1. The van der Waals surface area contributed by atoms with Crippen LogP contribution in [0.2, 0.25) is 0 Å². The van der Waals surface area contributed by atoms with Gasteiger partial charge in [-0.25, -0.2) is 0 Å². The maximum atomic E-state index is 11.9. The van der Waals surface area contributed by atoms with E-state index in [2.05, 4.69) is 34.8 Å². The van der Waals surface area contributed by atoms with Gasteiger partial charge in [0.05, 0.1) is 6.61 Å². The average molecular weight is 361 g/mol. The SMILES string of the molecule is CCCOc1cccc(C(=O)NCCCCI)c1. The number of carbonyl (C=O) groups excluding carboxylic acids is 1. The van der Waals surface area contributed by atoms with Gasteiger partial charge < -0.3 is 10.1 Å². The van der Waals surface area contributed by atoms with Crippen LogP contribution in [0, 0.1) is 0 Å². The first-order valence-electron chi connectivity index (χ1n) is 6.35. The van der Waals surface area contributed by atoms with Crippen LogP contribution < -0.4 is 10.1 Å². The van der Waals surface area contributed by atoms with Gasteiger partial charge in [-0.1, -0.05) is 35.6 Å². The summed E-state index contributed by atoms with van der Waals surface area (Å²) in [5.74, 6) is 0.738. The van der Waals surface area contributed by atoms with Crippen LogP contribution in [-0.4, -0.2) is 23.5 Å². The van der Waals surface area contributed by atoms with E-state index in [0.29, 0.717) is 12.2 Å². The van der Waals surface area contributed by atoms with Crippen molar-refractivity contribution in [3.05, 3.63) is 29.8 Å². The monoisotopic (exact) mass is 361 g/mol. The predicted molar refractivity (Wildman–Crippen MR) is 82.7 cm³/mol. The van der Waals surface area contributed by atoms with Gasteiger partial charge in [0.25, 0.3) is 5.91 Å². The topological polar surface area (TPSA) is 38.3 Å².